The highest BCUT2D eigenvalue weighted by atomic mass is 32.2. The maximum Gasteiger partial charge on any atom is 0.433 e. The van der Waals surface area contributed by atoms with Gasteiger partial charge in [0, 0.05) is 49.1 Å². The van der Waals surface area contributed by atoms with Crippen molar-refractivity contribution in [3.63, 3.8) is 0 Å². The van der Waals surface area contributed by atoms with E-state index in [1.54, 1.807) is 6.92 Å². The molecule has 1 aromatic heterocycles. The number of likely N-dealkylation sites (tertiary alicyclic amines) is 1. The van der Waals surface area contributed by atoms with Gasteiger partial charge in [-0.15, -0.1) is 0 Å². The number of ether oxygens (including phenoxy) is 1. The van der Waals surface area contributed by atoms with E-state index in [9.17, 15) is 13.2 Å². The number of alkyl halides is 3. The fourth-order valence-electron chi connectivity index (χ4n) is 4.24. The lowest BCUT2D eigenvalue weighted by molar-refractivity contribution is -0.141. The third kappa shape index (κ3) is 3.48. The molecule has 3 aliphatic heterocycles. The second kappa shape index (κ2) is 6.65. The van der Waals surface area contributed by atoms with Gasteiger partial charge in [0.1, 0.15) is 5.69 Å². The maximum atomic E-state index is 12.7. The van der Waals surface area contributed by atoms with Crippen LogP contribution in [0.5, 0.6) is 0 Å². The van der Waals surface area contributed by atoms with E-state index in [1.165, 1.54) is 18.0 Å². The van der Waals surface area contributed by atoms with Crippen LogP contribution < -0.4 is 0 Å². The summed E-state index contributed by atoms with van der Waals surface area (Å²) in [6.07, 6.45) is -3.22. The van der Waals surface area contributed by atoms with E-state index in [2.05, 4.69) is 21.1 Å². The van der Waals surface area contributed by atoms with Gasteiger partial charge >= 0.3 is 6.18 Å². The third-order valence-electron chi connectivity index (χ3n) is 5.88. The summed E-state index contributed by atoms with van der Waals surface area (Å²) >= 11 is 1.53. The van der Waals surface area contributed by atoms with Gasteiger partial charge in [-0.1, -0.05) is 0 Å². The highest BCUT2D eigenvalue weighted by Gasteiger charge is 2.53. The molecule has 2 atom stereocenters. The molecule has 2 unspecified atom stereocenters. The molecule has 4 nitrogen and oxygen atoms in total. The molecule has 3 aliphatic rings. The first-order valence-electron chi connectivity index (χ1n) is 9.05. The number of hydrogen-bond acceptors (Lipinski definition) is 5. The summed E-state index contributed by atoms with van der Waals surface area (Å²) in [6.45, 7) is 9.92. The summed E-state index contributed by atoms with van der Waals surface area (Å²) in [7, 11) is 0. The molecule has 0 N–H and O–H groups in total. The molecule has 0 saturated carbocycles. The zero-order valence-corrected chi connectivity index (χ0v) is 15.9. The number of halogens is 3. The fourth-order valence-corrected chi connectivity index (χ4v) is 5.50. The highest BCUT2D eigenvalue weighted by molar-refractivity contribution is 7.97. The maximum absolute atomic E-state index is 12.7. The minimum atomic E-state index is -4.38. The third-order valence-corrected chi connectivity index (χ3v) is 7.02. The van der Waals surface area contributed by atoms with Crippen LogP contribution in [0.1, 0.15) is 24.7 Å². The topological polar surface area (TPSA) is 28.6 Å². The SMILES string of the molecule is Cc1nc(C(F)(F)F)ccc1SN1CC2(C1)CN(C(C)C1CCOC1)C2. The Balaban J connectivity index is 1.27. The van der Waals surface area contributed by atoms with Crippen molar-refractivity contribution in [3.05, 3.63) is 23.5 Å². The van der Waals surface area contributed by atoms with Gasteiger partial charge in [0.15, 0.2) is 0 Å². The van der Waals surface area contributed by atoms with Crippen molar-refractivity contribution in [3.8, 4) is 0 Å². The van der Waals surface area contributed by atoms with Crippen LogP contribution in [0.3, 0.4) is 0 Å². The Morgan fingerprint density at radius 2 is 2.00 bits per heavy atom. The first-order chi connectivity index (χ1) is 12.3. The van der Waals surface area contributed by atoms with Gasteiger partial charge in [-0.05, 0) is 50.3 Å². The number of aryl methyl sites for hydroxylation is 1. The summed E-state index contributed by atoms with van der Waals surface area (Å²) in [6, 6.07) is 3.18. The lowest BCUT2D eigenvalue weighted by atomic mass is 9.73. The molecule has 3 fully saturated rings. The van der Waals surface area contributed by atoms with Gasteiger partial charge in [-0.2, -0.15) is 13.2 Å². The molecule has 0 bridgehead atoms. The minimum absolute atomic E-state index is 0.369. The molecule has 8 heteroatoms. The van der Waals surface area contributed by atoms with Crippen LogP contribution >= 0.6 is 11.9 Å². The second-order valence-corrected chi connectivity index (χ2v) is 9.08. The van der Waals surface area contributed by atoms with Crippen LogP contribution in [0.15, 0.2) is 17.0 Å². The van der Waals surface area contributed by atoms with Gasteiger partial charge in [0.25, 0.3) is 0 Å². The van der Waals surface area contributed by atoms with Gasteiger partial charge < -0.3 is 4.74 Å². The van der Waals surface area contributed by atoms with Crippen LogP contribution in [-0.4, -0.2) is 59.6 Å². The van der Waals surface area contributed by atoms with Crippen LogP contribution in [-0.2, 0) is 10.9 Å². The quantitative estimate of drug-likeness (QED) is 0.738. The van der Waals surface area contributed by atoms with E-state index in [1.807, 2.05) is 0 Å². The standard InChI is InChI=1S/C18H24F3N3OS/c1-12-15(3-4-16(22-12)18(19,20)21)26-24-10-17(11-24)8-23(9-17)13(2)14-5-6-25-7-14/h3-4,13-14H,5-11H2,1-2H3. The second-order valence-electron chi connectivity index (χ2n) is 7.94. The molecular weight excluding hydrogens is 363 g/mol. The smallest absolute Gasteiger partial charge is 0.381 e. The van der Waals surface area contributed by atoms with E-state index in [0.717, 1.165) is 56.8 Å². The normalized spacial score (nSPS) is 27.3. The number of aromatic nitrogens is 1. The minimum Gasteiger partial charge on any atom is -0.381 e. The lowest BCUT2D eigenvalue weighted by Gasteiger charge is -2.61. The van der Waals surface area contributed by atoms with Crippen LogP contribution in [0.4, 0.5) is 13.2 Å². The number of nitrogens with zero attached hydrogens (tertiary/aromatic N) is 3. The fraction of sp³-hybridized carbons (Fsp3) is 0.722. The molecular formula is C18H24F3N3OS. The zero-order chi connectivity index (χ0) is 18.5. The summed E-state index contributed by atoms with van der Waals surface area (Å²) < 4.78 is 45.9. The first kappa shape index (κ1) is 18.5. The van der Waals surface area contributed by atoms with Crippen molar-refractivity contribution in [2.24, 2.45) is 11.3 Å². The number of rotatable bonds is 4. The summed E-state index contributed by atoms with van der Waals surface area (Å²) in [5, 5.41) is 0. The average Bonchev–Trinajstić information content (AvgIpc) is 3.02. The Hall–Kier alpha value is -0.830. The van der Waals surface area contributed by atoms with Gasteiger partial charge in [-0.25, -0.2) is 9.29 Å². The van der Waals surface area contributed by atoms with Gasteiger partial charge in [0.2, 0.25) is 0 Å². The van der Waals surface area contributed by atoms with Crippen molar-refractivity contribution < 1.29 is 17.9 Å². The predicted molar refractivity (Wildman–Crippen MR) is 93.8 cm³/mol. The molecule has 26 heavy (non-hydrogen) atoms. The lowest BCUT2D eigenvalue weighted by Crippen LogP contribution is -2.72. The van der Waals surface area contributed by atoms with Gasteiger partial charge in [-0.3, -0.25) is 4.90 Å². The predicted octanol–water partition coefficient (Wildman–Crippen LogP) is 3.46. The summed E-state index contributed by atoms with van der Waals surface area (Å²) in [5.74, 6) is 0.652. The Morgan fingerprint density at radius 3 is 2.58 bits per heavy atom. The number of pyridine rings is 1. The van der Waals surface area contributed by atoms with E-state index in [-0.39, 0.29) is 0 Å². The molecule has 0 aliphatic carbocycles. The molecule has 1 spiro atoms. The summed E-state index contributed by atoms with van der Waals surface area (Å²) in [4.78, 5) is 7.07. The molecule has 1 aromatic rings. The van der Waals surface area contributed by atoms with Crippen LogP contribution in [0, 0.1) is 18.3 Å². The van der Waals surface area contributed by atoms with E-state index >= 15 is 0 Å². The molecule has 0 amide bonds. The van der Waals surface area contributed by atoms with Crippen molar-refractivity contribution >= 4 is 11.9 Å². The number of hydrogen-bond donors (Lipinski definition) is 0. The van der Waals surface area contributed by atoms with Crippen molar-refractivity contribution in [1.29, 1.82) is 0 Å². The Morgan fingerprint density at radius 1 is 1.27 bits per heavy atom. The molecule has 4 heterocycles. The molecule has 3 saturated heterocycles. The van der Waals surface area contributed by atoms with Gasteiger partial charge in [0.05, 0.1) is 12.3 Å². The van der Waals surface area contributed by atoms with Crippen molar-refractivity contribution in [2.45, 2.75) is 37.4 Å². The molecule has 0 radical (unpaired) electrons. The Labute approximate surface area is 156 Å². The van der Waals surface area contributed by atoms with Crippen molar-refractivity contribution in [1.82, 2.24) is 14.2 Å². The largest absolute Gasteiger partial charge is 0.433 e. The molecule has 144 valence electrons. The molecule has 0 aromatic carbocycles. The summed E-state index contributed by atoms with van der Waals surface area (Å²) in [5.41, 5.74) is -0.0108. The zero-order valence-electron chi connectivity index (χ0n) is 15.1. The Kier molecular flexibility index (Phi) is 4.74. The monoisotopic (exact) mass is 387 g/mol. The molecule has 4 rings (SSSR count). The van der Waals surface area contributed by atoms with Crippen LogP contribution in [0.2, 0.25) is 0 Å². The van der Waals surface area contributed by atoms with E-state index in [4.69, 9.17) is 4.74 Å². The van der Waals surface area contributed by atoms with Crippen LogP contribution in [0.25, 0.3) is 0 Å². The average molecular weight is 387 g/mol. The van der Waals surface area contributed by atoms with Crippen molar-refractivity contribution in [2.75, 3.05) is 39.4 Å². The Bertz CT molecular complexity index is 664. The first-order valence-corrected chi connectivity index (χ1v) is 9.83. The highest BCUT2D eigenvalue weighted by Crippen LogP contribution is 2.46. The van der Waals surface area contributed by atoms with E-state index < -0.39 is 11.9 Å². The van der Waals surface area contributed by atoms with E-state index in [0.29, 0.717) is 23.1 Å².